The molecule has 0 atom stereocenters. The fourth-order valence-corrected chi connectivity index (χ4v) is 4.35. The van der Waals surface area contributed by atoms with Crippen molar-refractivity contribution in [1.82, 2.24) is 15.0 Å². The highest BCUT2D eigenvalue weighted by molar-refractivity contribution is 7.99. The molecule has 1 aromatic heterocycles. The number of nitrogens with zero attached hydrogens (tertiary/aromatic N) is 3. The first-order valence-corrected chi connectivity index (χ1v) is 11.1. The van der Waals surface area contributed by atoms with E-state index in [4.69, 9.17) is 16.1 Å². The van der Waals surface area contributed by atoms with E-state index >= 15 is 0 Å². The van der Waals surface area contributed by atoms with E-state index < -0.39 is 0 Å². The number of anilines is 1. The summed E-state index contributed by atoms with van der Waals surface area (Å²) in [6.07, 6.45) is 0.758. The number of hydrogen-bond donors (Lipinski definition) is 1. The van der Waals surface area contributed by atoms with Crippen LogP contribution in [0.4, 0.5) is 10.5 Å². The van der Waals surface area contributed by atoms with Crippen LogP contribution in [0.2, 0.25) is 5.02 Å². The second-order valence-electron chi connectivity index (χ2n) is 6.95. The van der Waals surface area contributed by atoms with Crippen molar-refractivity contribution in [2.45, 2.75) is 26.0 Å². The number of benzene rings is 1. The summed E-state index contributed by atoms with van der Waals surface area (Å²) in [7, 11) is 0. The average molecular weight is 437 g/mol. The molecule has 0 aliphatic carbocycles. The van der Waals surface area contributed by atoms with E-state index in [9.17, 15) is 9.59 Å². The normalized spacial score (nSPS) is 14.6. The highest BCUT2D eigenvalue weighted by Crippen LogP contribution is 2.20. The second-order valence-corrected chi connectivity index (χ2v) is 8.38. The molecule has 156 valence electrons. The van der Waals surface area contributed by atoms with Crippen LogP contribution in [0.1, 0.15) is 23.4 Å². The highest BCUT2D eigenvalue weighted by Gasteiger charge is 2.22. The fraction of sp³-hybridized carbons (Fsp3) is 0.450. The lowest BCUT2D eigenvalue weighted by atomic mass is 10.2. The van der Waals surface area contributed by atoms with Gasteiger partial charge < -0.3 is 19.6 Å². The molecule has 0 bridgehead atoms. The first-order valence-electron chi connectivity index (χ1n) is 9.53. The van der Waals surface area contributed by atoms with Crippen molar-refractivity contribution in [2.24, 2.45) is 0 Å². The molecule has 1 saturated heterocycles. The first kappa shape index (κ1) is 21.5. The molecular weight excluding hydrogens is 412 g/mol. The van der Waals surface area contributed by atoms with Crippen molar-refractivity contribution < 1.29 is 14.1 Å². The molecule has 1 aliphatic heterocycles. The highest BCUT2D eigenvalue weighted by atomic mass is 35.5. The number of amides is 3. The summed E-state index contributed by atoms with van der Waals surface area (Å²) in [5, 5.41) is 7.44. The molecule has 29 heavy (non-hydrogen) atoms. The molecule has 0 unspecified atom stereocenters. The molecule has 1 N–H and O–H groups in total. The molecule has 3 amide bonds. The van der Waals surface area contributed by atoms with Gasteiger partial charge in [0, 0.05) is 48.2 Å². The van der Waals surface area contributed by atoms with Crippen LogP contribution in [0.25, 0.3) is 0 Å². The van der Waals surface area contributed by atoms with Gasteiger partial charge in [0.25, 0.3) is 0 Å². The fourth-order valence-electron chi connectivity index (χ4n) is 3.15. The average Bonchev–Trinajstić information content (AvgIpc) is 2.90. The summed E-state index contributed by atoms with van der Waals surface area (Å²) in [6.45, 7) is 6.13. The number of nitrogens with one attached hydrogen (secondary N) is 1. The summed E-state index contributed by atoms with van der Waals surface area (Å²) >= 11 is 7.44. The predicted molar refractivity (Wildman–Crippen MR) is 115 cm³/mol. The minimum absolute atomic E-state index is 0.0988. The Hall–Kier alpha value is -2.19. The molecule has 0 radical (unpaired) electrons. The smallest absolute Gasteiger partial charge is 0.321 e. The molecule has 1 aliphatic rings. The van der Waals surface area contributed by atoms with E-state index in [1.54, 1.807) is 40.9 Å². The Morgan fingerprint density at radius 1 is 1.14 bits per heavy atom. The first-order chi connectivity index (χ1) is 13.9. The molecule has 0 saturated carbocycles. The van der Waals surface area contributed by atoms with Gasteiger partial charge in [-0.05, 0) is 44.5 Å². The number of carbonyl (C=O) groups excluding carboxylic acids is 2. The number of aromatic nitrogens is 1. The van der Waals surface area contributed by atoms with E-state index in [1.807, 2.05) is 18.7 Å². The Kier molecular flexibility index (Phi) is 7.44. The van der Waals surface area contributed by atoms with E-state index in [0.29, 0.717) is 48.4 Å². The van der Waals surface area contributed by atoms with E-state index in [1.165, 1.54) is 0 Å². The van der Waals surface area contributed by atoms with Crippen molar-refractivity contribution >= 4 is 41.0 Å². The molecule has 9 heteroatoms. The summed E-state index contributed by atoms with van der Waals surface area (Å²) in [6, 6.07) is 6.85. The topological polar surface area (TPSA) is 78.7 Å². The maximum atomic E-state index is 12.6. The number of halogens is 1. The van der Waals surface area contributed by atoms with Crippen LogP contribution < -0.4 is 5.32 Å². The van der Waals surface area contributed by atoms with E-state index in [-0.39, 0.29) is 11.9 Å². The molecule has 0 spiro atoms. The SMILES string of the molecule is Cc1noc(C)c1CSCC(=O)N1CCCN(C(=O)Nc2ccc(Cl)cc2)CC1. The zero-order chi connectivity index (χ0) is 20.8. The molecule has 2 heterocycles. The van der Waals surface area contributed by atoms with Gasteiger partial charge in [0.15, 0.2) is 0 Å². The molecule has 7 nitrogen and oxygen atoms in total. The Balaban J connectivity index is 1.45. The Bertz CT molecular complexity index is 836. The number of aryl methyl sites for hydroxylation is 2. The number of carbonyl (C=O) groups is 2. The van der Waals surface area contributed by atoms with Gasteiger partial charge in [0.1, 0.15) is 5.76 Å². The number of thioether (sulfide) groups is 1. The van der Waals surface area contributed by atoms with Crippen molar-refractivity contribution in [1.29, 1.82) is 0 Å². The van der Waals surface area contributed by atoms with Gasteiger partial charge in [-0.15, -0.1) is 11.8 Å². The van der Waals surface area contributed by atoms with Crippen molar-refractivity contribution in [3.8, 4) is 0 Å². The third-order valence-corrected chi connectivity index (χ3v) is 6.08. The standard InChI is InChI=1S/C20H25ClN4O3S/c1-14-18(15(2)28-23-14)12-29-13-19(26)24-8-3-9-25(11-10-24)20(27)22-17-6-4-16(21)5-7-17/h4-7H,3,8-13H2,1-2H3,(H,22,27). The van der Waals surface area contributed by atoms with E-state index in [0.717, 1.165) is 23.4 Å². The minimum atomic E-state index is -0.158. The second kappa shape index (κ2) is 10.0. The van der Waals surface area contributed by atoms with Gasteiger partial charge in [-0.25, -0.2) is 4.79 Å². The minimum Gasteiger partial charge on any atom is -0.361 e. The van der Waals surface area contributed by atoms with Crippen LogP contribution >= 0.6 is 23.4 Å². The van der Waals surface area contributed by atoms with E-state index in [2.05, 4.69) is 10.5 Å². The molecular formula is C20H25ClN4O3S. The zero-order valence-corrected chi connectivity index (χ0v) is 18.2. The van der Waals surface area contributed by atoms with Crippen molar-refractivity contribution in [3.63, 3.8) is 0 Å². The van der Waals surface area contributed by atoms with Crippen LogP contribution in [0, 0.1) is 13.8 Å². The number of urea groups is 1. The lowest BCUT2D eigenvalue weighted by Gasteiger charge is -2.22. The van der Waals surface area contributed by atoms with Crippen LogP contribution in [-0.2, 0) is 10.5 Å². The summed E-state index contributed by atoms with van der Waals surface area (Å²) in [5.74, 6) is 2.01. The third-order valence-electron chi connectivity index (χ3n) is 4.88. The predicted octanol–water partition coefficient (Wildman–Crippen LogP) is 3.94. The molecule has 2 aromatic rings. The largest absolute Gasteiger partial charge is 0.361 e. The third kappa shape index (κ3) is 5.90. The van der Waals surface area contributed by atoms with Gasteiger partial charge in [0.05, 0.1) is 11.4 Å². The maximum absolute atomic E-state index is 12.6. The number of rotatable bonds is 5. The zero-order valence-electron chi connectivity index (χ0n) is 16.6. The van der Waals surface area contributed by atoms with Crippen LogP contribution in [0.15, 0.2) is 28.8 Å². The lowest BCUT2D eigenvalue weighted by molar-refractivity contribution is -0.128. The molecule has 1 aromatic carbocycles. The monoisotopic (exact) mass is 436 g/mol. The lowest BCUT2D eigenvalue weighted by Crippen LogP contribution is -2.39. The maximum Gasteiger partial charge on any atom is 0.321 e. The van der Waals surface area contributed by atoms with Crippen molar-refractivity contribution in [2.75, 3.05) is 37.2 Å². The van der Waals surface area contributed by atoms with Gasteiger partial charge in [-0.3, -0.25) is 4.79 Å². The van der Waals surface area contributed by atoms with Crippen LogP contribution in [0.3, 0.4) is 0 Å². The Labute approximate surface area is 179 Å². The van der Waals surface area contributed by atoms with Gasteiger partial charge in [-0.1, -0.05) is 16.8 Å². The van der Waals surface area contributed by atoms with Gasteiger partial charge in [-0.2, -0.15) is 0 Å². The summed E-state index contributed by atoms with van der Waals surface area (Å²) in [5.41, 5.74) is 2.63. The molecule has 3 rings (SSSR count). The Morgan fingerprint density at radius 2 is 1.83 bits per heavy atom. The summed E-state index contributed by atoms with van der Waals surface area (Å²) in [4.78, 5) is 28.7. The Morgan fingerprint density at radius 3 is 2.52 bits per heavy atom. The quantitative estimate of drug-likeness (QED) is 0.767. The van der Waals surface area contributed by atoms with Crippen LogP contribution in [0.5, 0.6) is 0 Å². The van der Waals surface area contributed by atoms with Crippen LogP contribution in [-0.4, -0.2) is 58.8 Å². The van der Waals surface area contributed by atoms with Gasteiger partial charge in [0.2, 0.25) is 5.91 Å². The van der Waals surface area contributed by atoms with Crippen molar-refractivity contribution in [3.05, 3.63) is 46.3 Å². The summed E-state index contributed by atoms with van der Waals surface area (Å²) < 4.78 is 5.16. The number of hydrogen-bond acceptors (Lipinski definition) is 5. The molecule has 1 fully saturated rings. The van der Waals surface area contributed by atoms with Gasteiger partial charge >= 0.3 is 6.03 Å².